The lowest BCUT2D eigenvalue weighted by molar-refractivity contribution is 0.361. The Hall–Kier alpha value is -0.510. The zero-order valence-corrected chi connectivity index (χ0v) is 10.8. The Bertz CT molecular complexity index is 366. The first kappa shape index (κ1) is 12.6. The van der Waals surface area contributed by atoms with Gasteiger partial charge < -0.3 is 10.5 Å². The van der Waals surface area contributed by atoms with Crippen LogP contribution in [-0.4, -0.2) is 6.61 Å². The summed E-state index contributed by atoms with van der Waals surface area (Å²) in [5.74, 6) is 0.640. The Labute approximate surface area is 103 Å². The predicted octanol–water partition coefficient (Wildman–Crippen LogP) is 3.65. The lowest BCUT2D eigenvalue weighted by atomic mass is 10.1. The maximum absolute atomic E-state index is 6.03. The van der Waals surface area contributed by atoms with E-state index in [1.165, 1.54) is 0 Å². The first-order chi connectivity index (χ1) is 7.00. The SMILES string of the molecule is C=C(Br)COc1ccc([C@H](C)N)cc1Cl. The van der Waals surface area contributed by atoms with E-state index in [4.69, 9.17) is 22.1 Å². The molecule has 82 valence electrons. The van der Waals surface area contributed by atoms with Crippen LogP contribution in [0.5, 0.6) is 5.75 Å². The molecule has 1 rings (SSSR count). The number of halogens is 2. The third-order valence-corrected chi connectivity index (χ3v) is 2.39. The normalized spacial score (nSPS) is 12.3. The molecule has 0 aliphatic carbocycles. The number of nitrogens with two attached hydrogens (primary N) is 1. The Kier molecular flexibility index (Phi) is 4.64. The van der Waals surface area contributed by atoms with Gasteiger partial charge in [0.25, 0.3) is 0 Å². The van der Waals surface area contributed by atoms with Gasteiger partial charge in [-0.25, -0.2) is 0 Å². The number of ether oxygens (including phenoxy) is 1. The third kappa shape index (κ3) is 3.86. The fraction of sp³-hybridized carbons (Fsp3) is 0.273. The topological polar surface area (TPSA) is 35.2 Å². The summed E-state index contributed by atoms with van der Waals surface area (Å²) in [6.07, 6.45) is 0. The molecule has 4 heteroatoms. The molecule has 1 aromatic carbocycles. The smallest absolute Gasteiger partial charge is 0.138 e. The van der Waals surface area contributed by atoms with Gasteiger partial charge in [-0.1, -0.05) is 40.2 Å². The van der Waals surface area contributed by atoms with Crippen molar-refractivity contribution in [3.05, 3.63) is 39.8 Å². The highest BCUT2D eigenvalue weighted by Gasteiger charge is 2.05. The van der Waals surface area contributed by atoms with Gasteiger partial charge in [-0.15, -0.1) is 0 Å². The van der Waals surface area contributed by atoms with E-state index >= 15 is 0 Å². The van der Waals surface area contributed by atoms with Gasteiger partial charge in [0.05, 0.1) is 5.02 Å². The van der Waals surface area contributed by atoms with Crippen LogP contribution in [0.15, 0.2) is 29.3 Å². The summed E-state index contributed by atoms with van der Waals surface area (Å²) in [4.78, 5) is 0. The third-order valence-electron chi connectivity index (χ3n) is 1.87. The van der Waals surface area contributed by atoms with E-state index < -0.39 is 0 Å². The molecule has 0 spiro atoms. The molecule has 2 nitrogen and oxygen atoms in total. The Morgan fingerprint density at radius 1 is 1.67 bits per heavy atom. The van der Waals surface area contributed by atoms with Crippen molar-refractivity contribution in [2.75, 3.05) is 6.61 Å². The molecule has 0 fully saturated rings. The average Bonchev–Trinajstić information content (AvgIpc) is 2.15. The molecule has 0 bridgehead atoms. The van der Waals surface area contributed by atoms with Crippen LogP contribution in [0.1, 0.15) is 18.5 Å². The molecule has 0 aliphatic rings. The van der Waals surface area contributed by atoms with E-state index in [2.05, 4.69) is 22.5 Å². The van der Waals surface area contributed by atoms with E-state index in [-0.39, 0.29) is 6.04 Å². The maximum Gasteiger partial charge on any atom is 0.138 e. The molecule has 0 aromatic heterocycles. The first-order valence-electron chi connectivity index (χ1n) is 4.52. The zero-order chi connectivity index (χ0) is 11.4. The molecular weight excluding hydrogens is 277 g/mol. The first-order valence-corrected chi connectivity index (χ1v) is 5.69. The van der Waals surface area contributed by atoms with Crippen LogP contribution < -0.4 is 10.5 Å². The van der Waals surface area contributed by atoms with Gasteiger partial charge in [-0.3, -0.25) is 0 Å². The highest BCUT2D eigenvalue weighted by atomic mass is 79.9. The fourth-order valence-electron chi connectivity index (χ4n) is 1.07. The largest absolute Gasteiger partial charge is 0.487 e. The summed E-state index contributed by atoms with van der Waals surface area (Å²) < 4.78 is 6.19. The summed E-state index contributed by atoms with van der Waals surface area (Å²) in [7, 11) is 0. The highest BCUT2D eigenvalue weighted by molar-refractivity contribution is 9.11. The van der Waals surface area contributed by atoms with Crippen LogP contribution in [0, 0.1) is 0 Å². The minimum atomic E-state index is -0.0253. The maximum atomic E-state index is 6.03. The van der Waals surface area contributed by atoms with Crippen LogP contribution in [-0.2, 0) is 0 Å². The zero-order valence-electron chi connectivity index (χ0n) is 8.47. The molecule has 0 heterocycles. The van der Waals surface area contributed by atoms with Crippen molar-refractivity contribution in [1.82, 2.24) is 0 Å². The van der Waals surface area contributed by atoms with Crippen molar-refractivity contribution in [3.63, 3.8) is 0 Å². The van der Waals surface area contributed by atoms with Gasteiger partial charge in [-0.2, -0.15) is 0 Å². The molecule has 0 saturated carbocycles. The Balaban J connectivity index is 2.79. The lowest BCUT2D eigenvalue weighted by Crippen LogP contribution is -2.05. The minimum absolute atomic E-state index is 0.0253. The summed E-state index contributed by atoms with van der Waals surface area (Å²) >= 11 is 9.24. The minimum Gasteiger partial charge on any atom is -0.487 e. The van der Waals surface area contributed by atoms with E-state index in [1.54, 1.807) is 0 Å². The Morgan fingerprint density at radius 3 is 2.80 bits per heavy atom. The molecule has 15 heavy (non-hydrogen) atoms. The van der Waals surface area contributed by atoms with Crippen molar-refractivity contribution in [1.29, 1.82) is 0 Å². The summed E-state index contributed by atoms with van der Waals surface area (Å²) in [6, 6.07) is 5.51. The van der Waals surface area contributed by atoms with Gasteiger partial charge in [-0.05, 0) is 24.6 Å². The lowest BCUT2D eigenvalue weighted by Gasteiger charge is -2.10. The molecular formula is C11H13BrClNO. The van der Waals surface area contributed by atoms with E-state index in [1.807, 2.05) is 25.1 Å². The van der Waals surface area contributed by atoms with Crippen molar-refractivity contribution < 1.29 is 4.74 Å². The summed E-state index contributed by atoms with van der Waals surface area (Å²) in [5, 5.41) is 0.568. The van der Waals surface area contributed by atoms with Gasteiger partial charge in [0.1, 0.15) is 12.4 Å². The van der Waals surface area contributed by atoms with E-state index in [0.29, 0.717) is 17.4 Å². The monoisotopic (exact) mass is 289 g/mol. The van der Waals surface area contributed by atoms with Gasteiger partial charge in [0, 0.05) is 10.5 Å². The van der Waals surface area contributed by atoms with Crippen LogP contribution in [0.25, 0.3) is 0 Å². The number of hydrogen-bond acceptors (Lipinski definition) is 2. The van der Waals surface area contributed by atoms with Crippen molar-refractivity contribution >= 4 is 27.5 Å². The summed E-state index contributed by atoms with van der Waals surface area (Å²) in [6.45, 7) is 5.98. The number of hydrogen-bond donors (Lipinski definition) is 1. The van der Waals surface area contributed by atoms with Crippen LogP contribution in [0.3, 0.4) is 0 Å². The van der Waals surface area contributed by atoms with Gasteiger partial charge in [0.2, 0.25) is 0 Å². The number of benzene rings is 1. The standard InChI is InChI=1S/C11H13BrClNO/c1-7(12)6-15-11-4-3-9(8(2)14)5-10(11)13/h3-5,8H,1,6,14H2,2H3/t8-/m0/s1. The molecule has 0 radical (unpaired) electrons. The number of rotatable bonds is 4. The second-order valence-corrected chi connectivity index (χ2v) is 4.81. The van der Waals surface area contributed by atoms with Gasteiger partial charge in [0.15, 0.2) is 0 Å². The van der Waals surface area contributed by atoms with Crippen molar-refractivity contribution in [3.8, 4) is 5.75 Å². The Morgan fingerprint density at radius 2 is 2.33 bits per heavy atom. The predicted molar refractivity (Wildman–Crippen MR) is 67.6 cm³/mol. The van der Waals surface area contributed by atoms with Crippen molar-refractivity contribution in [2.24, 2.45) is 5.73 Å². The van der Waals surface area contributed by atoms with E-state index in [0.717, 1.165) is 10.0 Å². The molecule has 2 N–H and O–H groups in total. The fourth-order valence-corrected chi connectivity index (χ4v) is 1.43. The highest BCUT2D eigenvalue weighted by Crippen LogP contribution is 2.27. The molecule has 0 unspecified atom stereocenters. The second-order valence-electron chi connectivity index (χ2n) is 3.28. The van der Waals surface area contributed by atoms with E-state index in [9.17, 15) is 0 Å². The molecule has 0 aliphatic heterocycles. The van der Waals surface area contributed by atoms with Crippen LogP contribution >= 0.6 is 27.5 Å². The van der Waals surface area contributed by atoms with Gasteiger partial charge >= 0.3 is 0 Å². The molecule has 1 atom stereocenters. The average molecular weight is 291 g/mol. The van der Waals surface area contributed by atoms with Crippen LogP contribution in [0.4, 0.5) is 0 Å². The van der Waals surface area contributed by atoms with Crippen LogP contribution in [0.2, 0.25) is 5.02 Å². The summed E-state index contributed by atoms with van der Waals surface area (Å²) in [5.41, 5.74) is 6.72. The molecule has 1 aromatic rings. The van der Waals surface area contributed by atoms with Crippen molar-refractivity contribution in [2.45, 2.75) is 13.0 Å². The quantitative estimate of drug-likeness (QED) is 0.918. The molecule has 0 amide bonds. The second kappa shape index (κ2) is 5.54. The molecule has 0 saturated heterocycles.